The molecule has 1 aromatic rings. The summed E-state index contributed by atoms with van der Waals surface area (Å²) in [6.45, 7) is 6.77. The number of hydrogen-bond acceptors (Lipinski definition) is 2. The van der Waals surface area contributed by atoms with E-state index in [0.717, 1.165) is 5.56 Å². The van der Waals surface area contributed by atoms with E-state index < -0.39 is 0 Å². The van der Waals surface area contributed by atoms with Gasteiger partial charge < -0.3 is 10.8 Å². The largest absolute Gasteiger partial charge is 0.508 e. The fourth-order valence-electron chi connectivity index (χ4n) is 1.45. The number of rotatable bonds is 2. The molecular weight excluding hydrogens is 162 g/mol. The summed E-state index contributed by atoms with van der Waals surface area (Å²) in [5.74, 6) is 0.308. The highest BCUT2D eigenvalue weighted by atomic mass is 16.3. The molecule has 0 bridgehead atoms. The minimum Gasteiger partial charge on any atom is -0.508 e. The third-order valence-electron chi connectivity index (χ3n) is 2.46. The fraction of sp³-hybridized carbons (Fsp3) is 0.455. The molecule has 2 nitrogen and oxygen atoms in total. The molecule has 13 heavy (non-hydrogen) atoms. The Labute approximate surface area is 79.4 Å². The Morgan fingerprint density at radius 3 is 2.54 bits per heavy atom. The molecule has 0 fully saturated rings. The van der Waals surface area contributed by atoms with Gasteiger partial charge in [-0.05, 0) is 30.2 Å². The van der Waals surface area contributed by atoms with E-state index in [1.54, 1.807) is 12.1 Å². The van der Waals surface area contributed by atoms with Gasteiger partial charge in [-0.1, -0.05) is 19.9 Å². The molecule has 0 aromatic heterocycles. The van der Waals surface area contributed by atoms with E-state index in [2.05, 4.69) is 13.8 Å². The molecule has 0 spiro atoms. The van der Waals surface area contributed by atoms with Crippen molar-refractivity contribution in [2.75, 3.05) is 6.54 Å². The molecule has 1 rings (SSSR count). The van der Waals surface area contributed by atoms with Gasteiger partial charge in [0.15, 0.2) is 0 Å². The minimum atomic E-state index is -0.0666. The Morgan fingerprint density at radius 1 is 1.38 bits per heavy atom. The maximum absolute atomic E-state index is 9.36. The van der Waals surface area contributed by atoms with Crippen LogP contribution >= 0.6 is 0 Å². The second kappa shape index (κ2) is 3.38. The topological polar surface area (TPSA) is 46.2 Å². The zero-order valence-corrected chi connectivity index (χ0v) is 8.46. The van der Waals surface area contributed by atoms with Crippen LogP contribution in [0.25, 0.3) is 0 Å². The van der Waals surface area contributed by atoms with Crippen LogP contribution in [0.3, 0.4) is 0 Å². The Morgan fingerprint density at radius 2 is 2.00 bits per heavy atom. The van der Waals surface area contributed by atoms with Gasteiger partial charge in [-0.15, -0.1) is 0 Å². The van der Waals surface area contributed by atoms with Crippen LogP contribution in [0, 0.1) is 6.92 Å². The van der Waals surface area contributed by atoms with Crippen LogP contribution < -0.4 is 5.73 Å². The van der Waals surface area contributed by atoms with Crippen molar-refractivity contribution >= 4 is 0 Å². The van der Waals surface area contributed by atoms with Gasteiger partial charge in [0.2, 0.25) is 0 Å². The molecule has 0 atom stereocenters. The van der Waals surface area contributed by atoms with Crippen LogP contribution in [0.5, 0.6) is 5.75 Å². The summed E-state index contributed by atoms with van der Waals surface area (Å²) in [6.07, 6.45) is 0. The van der Waals surface area contributed by atoms with E-state index in [0.29, 0.717) is 12.3 Å². The lowest BCUT2D eigenvalue weighted by atomic mass is 9.82. The predicted octanol–water partition coefficient (Wildman–Crippen LogP) is 1.94. The monoisotopic (exact) mass is 179 g/mol. The van der Waals surface area contributed by atoms with Crippen LogP contribution in [0.2, 0.25) is 0 Å². The van der Waals surface area contributed by atoms with Crippen molar-refractivity contribution in [2.24, 2.45) is 5.73 Å². The molecule has 0 amide bonds. The zero-order chi connectivity index (χ0) is 10.1. The molecule has 0 radical (unpaired) electrons. The number of phenolic OH excluding ortho intramolecular Hbond substituents is 1. The third kappa shape index (κ3) is 2.01. The third-order valence-corrected chi connectivity index (χ3v) is 2.46. The zero-order valence-electron chi connectivity index (χ0n) is 8.46. The number of aryl methyl sites for hydroxylation is 1. The van der Waals surface area contributed by atoms with Crippen LogP contribution in [-0.2, 0) is 5.41 Å². The molecule has 1 aromatic carbocycles. The molecule has 0 saturated heterocycles. The number of phenols is 1. The quantitative estimate of drug-likeness (QED) is 0.728. The van der Waals surface area contributed by atoms with E-state index in [1.807, 2.05) is 13.0 Å². The molecule has 3 N–H and O–H groups in total. The smallest absolute Gasteiger partial charge is 0.115 e. The minimum absolute atomic E-state index is 0.0666. The maximum Gasteiger partial charge on any atom is 0.115 e. The van der Waals surface area contributed by atoms with Crippen molar-refractivity contribution < 1.29 is 5.11 Å². The average molecular weight is 179 g/mol. The summed E-state index contributed by atoms with van der Waals surface area (Å²) in [5, 5.41) is 9.36. The Hall–Kier alpha value is -1.02. The Kier molecular flexibility index (Phi) is 2.62. The highest BCUT2D eigenvalue weighted by Crippen LogP contribution is 2.27. The van der Waals surface area contributed by atoms with Gasteiger partial charge in [-0.3, -0.25) is 0 Å². The van der Waals surface area contributed by atoms with E-state index in [1.165, 1.54) is 5.56 Å². The summed E-state index contributed by atoms with van der Waals surface area (Å²) in [7, 11) is 0. The van der Waals surface area contributed by atoms with Crippen molar-refractivity contribution in [3.8, 4) is 5.75 Å². The highest BCUT2D eigenvalue weighted by Gasteiger charge is 2.20. The number of hydrogen-bond donors (Lipinski definition) is 2. The first-order valence-electron chi connectivity index (χ1n) is 4.47. The number of benzene rings is 1. The summed E-state index contributed by atoms with van der Waals surface area (Å²) < 4.78 is 0. The molecule has 0 aliphatic heterocycles. The van der Waals surface area contributed by atoms with Crippen molar-refractivity contribution in [3.63, 3.8) is 0 Å². The van der Waals surface area contributed by atoms with Gasteiger partial charge in [0, 0.05) is 12.0 Å². The SMILES string of the molecule is Cc1ccc(O)cc1C(C)(C)CN. The molecule has 0 unspecified atom stereocenters. The lowest BCUT2D eigenvalue weighted by Gasteiger charge is -2.25. The Bertz CT molecular complexity index is 305. The van der Waals surface area contributed by atoms with Gasteiger partial charge in [-0.2, -0.15) is 0 Å². The first-order valence-corrected chi connectivity index (χ1v) is 4.47. The molecule has 0 aliphatic rings. The molecule has 72 valence electrons. The summed E-state index contributed by atoms with van der Waals surface area (Å²) in [5.41, 5.74) is 7.90. The lowest BCUT2D eigenvalue weighted by molar-refractivity contribution is 0.468. The van der Waals surface area contributed by atoms with Crippen LogP contribution in [0.15, 0.2) is 18.2 Å². The van der Waals surface area contributed by atoms with Crippen molar-refractivity contribution in [2.45, 2.75) is 26.2 Å². The molecular formula is C11H17NO. The maximum atomic E-state index is 9.36. The predicted molar refractivity (Wildman–Crippen MR) is 54.9 cm³/mol. The van der Waals surface area contributed by atoms with E-state index in [-0.39, 0.29) is 5.41 Å². The van der Waals surface area contributed by atoms with Gasteiger partial charge in [0.05, 0.1) is 0 Å². The first-order chi connectivity index (χ1) is 5.97. The first kappa shape index (κ1) is 10.1. The van der Waals surface area contributed by atoms with Crippen LogP contribution in [0.1, 0.15) is 25.0 Å². The molecule has 0 saturated carbocycles. The van der Waals surface area contributed by atoms with E-state index in [4.69, 9.17) is 5.73 Å². The normalized spacial score (nSPS) is 11.7. The number of nitrogens with two attached hydrogens (primary N) is 1. The van der Waals surface area contributed by atoms with E-state index in [9.17, 15) is 5.11 Å². The van der Waals surface area contributed by atoms with Gasteiger partial charge >= 0.3 is 0 Å². The van der Waals surface area contributed by atoms with Crippen molar-refractivity contribution in [1.29, 1.82) is 0 Å². The summed E-state index contributed by atoms with van der Waals surface area (Å²) in [4.78, 5) is 0. The fourth-order valence-corrected chi connectivity index (χ4v) is 1.45. The van der Waals surface area contributed by atoms with E-state index >= 15 is 0 Å². The van der Waals surface area contributed by atoms with Gasteiger partial charge in [-0.25, -0.2) is 0 Å². The highest BCUT2D eigenvalue weighted by molar-refractivity contribution is 5.38. The standard InChI is InChI=1S/C11H17NO/c1-8-4-5-9(13)6-10(8)11(2,3)7-12/h4-6,13H,7,12H2,1-3H3. The number of aromatic hydroxyl groups is 1. The van der Waals surface area contributed by atoms with Crippen molar-refractivity contribution in [1.82, 2.24) is 0 Å². The second-order valence-corrected chi connectivity index (χ2v) is 4.09. The Balaban J connectivity index is 3.20. The second-order valence-electron chi connectivity index (χ2n) is 4.09. The molecule has 2 heteroatoms. The summed E-state index contributed by atoms with van der Waals surface area (Å²) >= 11 is 0. The van der Waals surface area contributed by atoms with Gasteiger partial charge in [0.1, 0.15) is 5.75 Å². The average Bonchev–Trinajstić information content (AvgIpc) is 2.09. The summed E-state index contributed by atoms with van der Waals surface area (Å²) in [6, 6.07) is 5.41. The lowest BCUT2D eigenvalue weighted by Crippen LogP contribution is -2.28. The molecule has 0 heterocycles. The molecule has 0 aliphatic carbocycles. The van der Waals surface area contributed by atoms with Crippen molar-refractivity contribution in [3.05, 3.63) is 29.3 Å². The van der Waals surface area contributed by atoms with Crippen LogP contribution in [0.4, 0.5) is 0 Å². The van der Waals surface area contributed by atoms with Gasteiger partial charge in [0.25, 0.3) is 0 Å². The van der Waals surface area contributed by atoms with Crippen LogP contribution in [-0.4, -0.2) is 11.7 Å².